The maximum absolute atomic E-state index is 15.7. The summed E-state index contributed by atoms with van der Waals surface area (Å²) in [5.41, 5.74) is 1.67. The Balaban J connectivity index is 1.81. The predicted molar refractivity (Wildman–Crippen MR) is 119 cm³/mol. The van der Waals surface area contributed by atoms with Gasteiger partial charge in [0.2, 0.25) is 0 Å². The van der Waals surface area contributed by atoms with Crippen LogP contribution in [0.4, 0.5) is 10.1 Å². The summed E-state index contributed by atoms with van der Waals surface area (Å²) in [4.78, 5) is 11.8. The summed E-state index contributed by atoms with van der Waals surface area (Å²) in [6, 6.07) is 19.8. The van der Waals surface area contributed by atoms with Gasteiger partial charge in [0.05, 0.1) is 5.56 Å². The molecule has 0 spiro atoms. The van der Waals surface area contributed by atoms with E-state index in [0.29, 0.717) is 15.4 Å². The number of aryl methyl sites for hydroxylation is 1. The van der Waals surface area contributed by atoms with Crippen LogP contribution in [0.25, 0.3) is 0 Å². The first kappa shape index (κ1) is 21.4. The fourth-order valence-corrected chi connectivity index (χ4v) is 4.43. The quantitative estimate of drug-likeness (QED) is 0.619. The van der Waals surface area contributed by atoms with Gasteiger partial charge in [0.1, 0.15) is 24.6 Å². The monoisotopic (exact) mass is 450 g/mol. The van der Waals surface area contributed by atoms with Crippen molar-refractivity contribution in [3.8, 4) is 17.6 Å². The first-order chi connectivity index (χ1) is 15.3. The van der Waals surface area contributed by atoms with E-state index in [1.807, 2.05) is 53.3 Å². The standard InChI is InChI=1S/C24H19FN2O4S/c1-17-14-21(31-16-19-10-6-3-7-11-19)24(27-15-22(28)26-32(27,29)30)23(25)20(17)13-12-18-8-4-2-5-9-18/h2-11,14H,15-16H2,1H3,(H,26,28). The SMILES string of the molecule is Cc1cc(OCc2ccccc2)c(N2CC(=O)NS2(=O)=O)c(F)c1C#Cc1ccccc1. The molecule has 4 rings (SSSR count). The number of carbonyl (C=O) groups excluding carboxylic acids is 1. The molecule has 0 radical (unpaired) electrons. The van der Waals surface area contributed by atoms with Crippen molar-refractivity contribution in [2.75, 3.05) is 10.8 Å². The van der Waals surface area contributed by atoms with Crippen molar-refractivity contribution in [2.45, 2.75) is 13.5 Å². The highest BCUT2D eigenvalue weighted by molar-refractivity contribution is 7.92. The lowest BCUT2D eigenvalue weighted by atomic mass is 10.1. The normalized spacial score (nSPS) is 14.4. The minimum absolute atomic E-state index is 0.00851. The molecule has 0 aliphatic carbocycles. The highest BCUT2D eigenvalue weighted by Gasteiger charge is 2.38. The van der Waals surface area contributed by atoms with Crippen LogP contribution in [-0.2, 0) is 21.6 Å². The molecule has 0 saturated carbocycles. The third-order valence-electron chi connectivity index (χ3n) is 4.82. The van der Waals surface area contributed by atoms with Crippen molar-refractivity contribution in [3.05, 3.63) is 94.8 Å². The van der Waals surface area contributed by atoms with Crippen LogP contribution in [0.5, 0.6) is 5.75 Å². The molecule has 3 aromatic rings. The van der Waals surface area contributed by atoms with Crippen LogP contribution in [0, 0.1) is 24.6 Å². The largest absolute Gasteiger partial charge is 0.487 e. The van der Waals surface area contributed by atoms with Gasteiger partial charge >= 0.3 is 10.2 Å². The number of halogens is 1. The fraction of sp³-hybridized carbons (Fsp3) is 0.125. The summed E-state index contributed by atoms with van der Waals surface area (Å²) >= 11 is 0. The van der Waals surface area contributed by atoms with Gasteiger partial charge in [0, 0.05) is 5.56 Å². The molecule has 1 heterocycles. The van der Waals surface area contributed by atoms with Gasteiger partial charge in [0.25, 0.3) is 5.91 Å². The van der Waals surface area contributed by atoms with E-state index in [2.05, 4.69) is 11.8 Å². The van der Waals surface area contributed by atoms with E-state index in [1.54, 1.807) is 19.1 Å². The smallest absolute Gasteiger partial charge is 0.326 e. The van der Waals surface area contributed by atoms with E-state index in [-0.39, 0.29) is 23.6 Å². The Labute approximate surface area is 185 Å². The number of amides is 1. The first-order valence-corrected chi connectivity index (χ1v) is 11.2. The molecular weight excluding hydrogens is 431 g/mol. The molecule has 3 aromatic carbocycles. The lowest BCUT2D eigenvalue weighted by Crippen LogP contribution is -2.31. The third-order valence-corrected chi connectivity index (χ3v) is 6.19. The van der Waals surface area contributed by atoms with Crippen molar-refractivity contribution in [1.29, 1.82) is 0 Å². The van der Waals surface area contributed by atoms with Crippen LogP contribution in [-0.4, -0.2) is 20.9 Å². The fourth-order valence-electron chi connectivity index (χ4n) is 3.27. The Kier molecular flexibility index (Phi) is 5.84. The summed E-state index contributed by atoms with van der Waals surface area (Å²) in [7, 11) is -4.25. The molecule has 1 N–H and O–H groups in total. The molecule has 1 aliphatic rings. The molecule has 0 unspecified atom stereocenters. The molecule has 32 heavy (non-hydrogen) atoms. The Morgan fingerprint density at radius 3 is 2.34 bits per heavy atom. The summed E-state index contributed by atoms with van der Waals surface area (Å²) in [6.45, 7) is 1.21. The van der Waals surface area contributed by atoms with Crippen molar-refractivity contribution in [3.63, 3.8) is 0 Å². The topological polar surface area (TPSA) is 75.7 Å². The number of carbonyl (C=O) groups is 1. The van der Waals surface area contributed by atoms with Crippen LogP contribution in [0.3, 0.4) is 0 Å². The number of ether oxygens (including phenoxy) is 1. The Morgan fingerprint density at radius 1 is 1.06 bits per heavy atom. The predicted octanol–water partition coefficient (Wildman–Crippen LogP) is 3.29. The zero-order valence-corrected chi connectivity index (χ0v) is 17.9. The third kappa shape index (κ3) is 4.43. The second kappa shape index (κ2) is 8.73. The average molecular weight is 450 g/mol. The van der Waals surface area contributed by atoms with Crippen LogP contribution in [0.15, 0.2) is 66.7 Å². The average Bonchev–Trinajstić information content (AvgIpc) is 3.04. The van der Waals surface area contributed by atoms with Crippen molar-refractivity contribution in [2.24, 2.45) is 0 Å². The lowest BCUT2D eigenvalue weighted by Gasteiger charge is -2.21. The van der Waals surface area contributed by atoms with Gasteiger partial charge in [0.15, 0.2) is 5.82 Å². The summed E-state index contributed by atoms with van der Waals surface area (Å²) < 4.78 is 49.0. The van der Waals surface area contributed by atoms with Crippen molar-refractivity contribution >= 4 is 21.8 Å². The molecular formula is C24H19FN2O4S. The molecule has 1 aliphatic heterocycles. The molecule has 0 bridgehead atoms. The number of rotatable bonds is 4. The van der Waals surface area contributed by atoms with Gasteiger partial charge < -0.3 is 4.74 Å². The molecule has 1 saturated heterocycles. The van der Waals surface area contributed by atoms with Crippen LogP contribution in [0.2, 0.25) is 0 Å². The molecule has 1 amide bonds. The zero-order valence-electron chi connectivity index (χ0n) is 17.1. The second-order valence-electron chi connectivity index (χ2n) is 7.16. The van der Waals surface area contributed by atoms with Gasteiger partial charge in [-0.25, -0.2) is 13.4 Å². The highest BCUT2D eigenvalue weighted by Crippen LogP contribution is 2.38. The Hall–Kier alpha value is -3.83. The summed E-state index contributed by atoms with van der Waals surface area (Å²) in [6.07, 6.45) is 0. The number of nitrogens with one attached hydrogen (secondary N) is 1. The number of hydrogen-bond acceptors (Lipinski definition) is 4. The van der Waals surface area contributed by atoms with Gasteiger partial charge in [-0.15, -0.1) is 0 Å². The summed E-state index contributed by atoms with van der Waals surface area (Å²) in [5, 5.41) is 0. The zero-order chi connectivity index (χ0) is 22.7. The minimum atomic E-state index is -4.25. The van der Waals surface area contributed by atoms with E-state index in [0.717, 1.165) is 5.56 Å². The molecule has 1 fully saturated rings. The molecule has 0 aromatic heterocycles. The molecule has 0 atom stereocenters. The maximum Gasteiger partial charge on any atom is 0.326 e. The van der Waals surface area contributed by atoms with Gasteiger partial charge in [-0.3, -0.25) is 4.79 Å². The van der Waals surface area contributed by atoms with E-state index in [1.165, 1.54) is 6.07 Å². The number of benzene rings is 3. The first-order valence-electron chi connectivity index (χ1n) is 9.75. The van der Waals surface area contributed by atoms with E-state index < -0.39 is 28.5 Å². The van der Waals surface area contributed by atoms with Crippen LogP contribution in [0.1, 0.15) is 22.3 Å². The number of nitrogens with zero attached hydrogens (tertiary/aromatic N) is 1. The lowest BCUT2D eigenvalue weighted by molar-refractivity contribution is -0.117. The van der Waals surface area contributed by atoms with Gasteiger partial charge in [-0.05, 0) is 36.2 Å². The van der Waals surface area contributed by atoms with E-state index in [4.69, 9.17) is 4.74 Å². The van der Waals surface area contributed by atoms with Crippen molar-refractivity contribution < 1.29 is 22.3 Å². The molecule has 6 nitrogen and oxygen atoms in total. The van der Waals surface area contributed by atoms with Crippen LogP contribution < -0.4 is 13.8 Å². The molecule has 162 valence electrons. The number of hydrogen-bond donors (Lipinski definition) is 1. The maximum atomic E-state index is 15.7. The minimum Gasteiger partial charge on any atom is -0.487 e. The Bertz CT molecular complexity index is 1330. The van der Waals surface area contributed by atoms with Gasteiger partial charge in [-0.1, -0.05) is 60.4 Å². The van der Waals surface area contributed by atoms with Crippen LogP contribution >= 0.6 is 0 Å². The van der Waals surface area contributed by atoms with Gasteiger partial charge in [-0.2, -0.15) is 8.42 Å². The van der Waals surface area contributed by atoms with E-state index >= 15 is 4.39 Å². The van der Waals surface area contributed by atoms with E-state index in [9.17, 15) is 13.2 Å². The number of anilines is 1. The molecule has 8 heteroatoms. The Morgan fingerprint density at radius 2 is 1.72 bits per heavy atom. The highest BCUT2D eigenvalue weighted by atomic mass is 32.2. The van der Waals surface area contributed by atoms with Crippen molar-refractivity contribution in [1.82, 2.24) is 4.72 Å². The summed E-state index contributed by atoms with van der Waals surface area (Å²) in [5.74, 6) is 4.07. The second-order valence-corrected chi connectivity index (χ2v) is 8.75.